The number of hydrogen-bond donors (Lipinski definition) is 2. The average molecular weight is 613 g/mol. The van der Waals surface area contributed by atoms with Crippen LogP contribution in [-0.2, 0) is 14.4 Å². The summed E-state index contributed by atoms with van der Waals surface area (Å²) in [6.07, 6.45) is 4.59. The second kappa shape index (κ2) is 12.9. The van der Waals surface area contributed by atoms with Crippen molar-refractivity contribution in [3.63, 3.8) is 0 Å². The van der Waals surface area contributed by atoms with Gasteiger partial charge in [0, 0.05) is 42.7 Å². The summed E-state index contributed by atoms with van der Waals surface area (Å²) in [7, 11) is 0. The number of benzene rings is 1. The maximum atomic E-state index is 15.4. The van der Waals surface area contributed by atoms with Crippen molar-refractivity contribution in [3.05, 3.63) is 77.4 Å². The number of piperidine rings is 1. The van der Waals surface area contributed by atoms with E-state index in [9.17, 15) is 14.4 Å². The van der Waals surface area contributed by atoms with Gasteiger partial charge in [-0.2, -0.15) is 0 Å². The van der Waals surface area contributed by atoms with Gasteiger partial charge < -0.3 is 30.1 Å². The van der Waals surface area contributed by atoms with Gasteiger partial charge in [-0.1, -0.05) is 36.4 Å². The zero-order chi connectivity index (χ0) is 31.5. The first kappa shape index (κ1) is 31.6. The molecular weight excluding hydrogens is 579 g/mol. The second-order valence-corrected chi connectivity index (χ2v) is 11.4. The molecule has 4 rings (SSSR count). The summed E-state index contributed by atoms with van der Waals surface area (Å²) in [5.74, 6) is -2.85. The van der Waals surface area contributed by atoms with Crippen molar-refractivity contribution < 1.29 is 33.4 Å². The lowest BCUT2D eigenvalue weighted by Crippen LogP contribution is -2.58. The molecule has 3 N–H and O–H groups in total. The molecule has 1 aromatic carbocycles. The first-order valence-corrected chi connectivity index (χ1v) is 14.1. The number of hydrogen-bond acceptors (Lipinski definition) is 7. The Balaban J connectivity index is 1.45. The number of aliphatic carboxylic acids is 1. The topological polar surface area (TPSA) is 135 Å². The smallest absolute Gasteiger partial charge is 0.309 e. The molecule has 2 aromatic rings. The molecule has 0 bridgehead atoms. The normalized spacial score (nSPS) is 18.0. The van der Waals surface area contributed by atoms with Gasteiger partial charge in [0.2, 0.25) is 5.88 Å². The Kier molecular flexibility index (Phi) is 9.44. The summed E-state index contributed by atoms with van der Waals surface area (Å²) in [6.45, 7) is 8.97. The van der Waals surface area contributed by atoms with Gasteiger partial charge in [-0.25, -0.2) is 9.37 Å². The summed E-state index contributed by atoms with van der Waals surface area (Å²) in [5.41, 5.74) is 5.45. The highest BCUT2D eigenvalue weighted by Gasteiger charge is 2.45. The fraction of sp³-hybridized carbons (Fsp3) is 0.355. The third-order valence-electron chi connectivity index (χ3n) is 7.38. The Hall–Kier alpha value is -4.38. The van der Waals surface area contributed by atoms with Crippen LogP contribution in [0.1, 0.15) is 39.2 Å². The zero-order valence-electron chi connectivity index (χ0n) is 24.2. The van der Waals surface area contributed by atoms with Crippen LogP contribution in [0.3, 0.4) is 0 Å². The average Bonchev–Trinajstić information content (AvgIpc) is 2.99. The van der Waals surface area contributed by atoms with Gasteiger partial charge in [0.15, 0.2) is 5.60 Å². The highest BCUT2D eigenvalue weighted by atomic mass is 35.5. The number of para-hydroxylation sites is 1. The van der Waals surface area contributed by atoms with Crippen LogP contribution in [0.25, 0.3) is 5.57 Å². The standard InChI is InChI=1S/C31H34ClFN4O6/c1-18(29(39)40)17-42-26-8-6-5-7-23(26)20(15-34)13-24(33)19(2)28(38)36-11-9-22(10-12-36)37-25-14-21(32)16-35-27(25)43-31(3,4)30(37)41/h5-8,13-16,18,22H,2,9-12,17,34H2,1,3-4H3,(H,39,40)/b20-15+,24-13+/t18-/m0/s1. The van der Waals surface area contributed by atoms with Crippen molar-refractivity contribution in [2.24, 2.45) is 11.7 Å². The number of rotatable bonds is 9. The molecule has 12 heteroatoms. The van der Waals surface area contributed by atoms with E-state index in [2.05, 4.69) is 11.6 Å². The number of carbonyl (C=O) groups is 3. The largest absolute Gasteiger partial charge is 0.492 e. The number of fused-ring (bicyclic) bond motifs is 1. The molecule has 10 nitrogen and oxygen atoms in total. The van der Waals surface area contributed by atoms with E-state index in [1.165, 1.54) is 24.2 Å². The lowest BCUT2D eigenvalue weighted by atomic mass is 9.97. The number of carbonyl (C=O) groups excluding carboxylic acids is 2. The molecule has 1 fully saturated rings. The van der Waals surface area contributed by atoms with Crippen LogP contribution in [0, 0.1) is 5.92 Å². The fourth-order valence-electron chi connectivity index (χ4n) is 4.89. The lowest BCUT2D eigenvalue weighted by Gasteiger charge is -2.44. The number of nitrogens with zero attached hydrogens (tertiary/aromatic N) is 3. The monoisotopic (exact) mass is 612 g/mol. The summed E-state index contributed by atoms with van der Waals surface area (Å²) in [5, 5.41) is 9.50. The number of amides is 2. The first-order chi connectivity index (χ1) is 20.3. The number of halogens is 2. The molecule has 0 saturated carbocycles. The molecule has 1 aromatic heterocycles. The molecular formula is C31H34ClFN4O6. The van der Waals surface area contributed by atoms with E-state index in [1.54, 1.807) is 49.1 Å². The van der Waals surface area contributed by atoms with Gasteiger partial charge in [0.25, 0.3) is 11.8 Å². The number of allylic oxidation sites excluding steroid dienone is 2. The maximum absolute atomic E-state index is 15.4. The minimum absolute atomic E-state index is 0.0970. The van der Waals surface area contributed by atoms with Crippen molar-refractivity contribution in [3.8, 4) is 11.6 Å². The Bertz CT molecular complexity index is 1500. The third kappa shape index (κ3) is 6.83. The Morgan fingerprint density at radius 2 is 2.00 bits per heavy atom. The molecule has 0 spiro atoms. The number of nitrogens with two attached hydrogens (primary N) is 1. The molecule has 2 aliphatic rings. The molecule has 43 heavy (non-hydrogen) atoms. The number of pyridine rings is 1. The summed E-state index contributed by atoms with van der Waals surface area (Å²) < 4.78 is 26.9. The Labute approximate surface area is 254 Å². The quantitative estimate of drug-likeness (QED) is 0.306. The third-order valence-corrected chi connectivity index (χ3v) is 7.58. The van der Waals surface area contributed by atoms with Gasteiger partial charge in [-0.15, -0.1) is 0 Å². The van der Waals surface area contributed by atoms with E-state index in [4.69, 9.17) is 31.9 Å². The molecule has 0 aliphatic carbocycles. The van der Waals surface area contributed by atoms with Crippen LogP contribution in [-0.4, -0.2) is 64.1 Å². The summed E-state index contributed by atoms with van der Waals surface area (Å²) in [6, 6.07) is 8.04. The van der Waals surface area contributed by atoms with Crippen LogP contribution in [0.5, 0.6) is 11.6 Å². The number of carboxylic acids is 1. The Morgan fingerprint density at radius 1 is 1.33 bits per heavy atom. The van der Waals surface area contributed by atoms with E-state index in [-0.39, 0.29) is 42.8 Å². The molecule has 0 radical (unpaired) electrons. The van der Waals surface area contributed by atoms with E-state index < -0.39 is 29.2 Å². The predicted molar refractivity (Wildman–Crippen MR) is 160 cm³/mol. The van der Waals surface area contributed by atoms with Crippen LogP contribution < -0.4 is 20.1 Å². The minimum atomic E-state index is -1.13. The number of likely N-dealkylation sites (tertiary alicyclic amines) is 1. The summed E-state index contributed by atoms with van der Waals surface area (Å²) in [4.78, 5) is 45.1. The van der Waals surface area contributed by atoms with Crippen LogP contribution in [0.4, 0.5) is 10.1 Å². The zero-order valence-corrected chi connectivity index (χ0v) is 24.9. The minimum Gasteiger partial charge on any atom is -0.492 e. The highest BCUT2D eigenvalue weighted by Crippen LogP contribution is 2.40. The van der Waals surface area contributed by atoms with Crippen LogP contribution in [0.2, 0.25) is 5.02 Å². The van der Waals surface area contributed by atoms with E-state index in [1.807, 2.05) is 0 Å². The van der Waals surface area contributed by atoms with Gasteiger partial charge in [0.05, 0.1) is 16.5 Å². The highest BCUT2D eigenvalue weighted by molar-refractivity contribution is 6.31. The molecule has 228 valence electrons. The van der Waals surface area contributed by atoms with Gasteiger partial charge >= 0.3 is 5.97 Å². The van der Waals surface area contributed by atoms with Crippen molar-refractivity contribution >= 4 is 40.6 Å². The molecule has 2 aliphatic heterocycles. The van der Waals surface area contributed by atoms with Crippen molar-refractivity contribution in [1.29, 1.82) is 0 Å². The Morgan fingerprint density at radius 3 is 2.65 bits per heavy atom. The van der Waals surface area contributed by atoms with Crippen LogP contribution in [0.15, 0.2) is 66.8 Å². The van der Waals surface area contributed by atoms with Crippen molar-refractivity contribution in [1.82, 2.24) is 9.88 Å². The fourth-order valence-corrected chi connectivity index (χ4v) is 5.04. The van der Waals surface area contributed by atoms with E-state index in [0.717, 1.165) is 6.08 Å². The number of aromatic nitrogens is 1. The van der Waals surface area contributed by atoms with Gasteiger partial charge in [-0.3, -0.25) is 14.4 Å². The molecule has 1 atom stereocenters. The molecule has 0 unspecified atom stereocenters. The predicted octanol–water partition coefficient (Wildman–Crippen LogP) is 4.74. The number of carboxylic acid groups (broad SMARTS) is 1. The maximum Gasteiger partial charge on any atom is 0.309 e. The number of anilines is 1. The van der Waals surface area contributed by atoms with Gasteiger partial charge in [-0.05, 0) is 51.8 Å². The SMILES string of the molecule is C=C(C(=O)N1CCC(N2C(=O)C(C)(C)Oc3ncc(Cl)cc32)CC1)/C(F)=C\C(=C/N)c1ccccc1OC[C@H](C)C(=O)O. The number of ether oxygens (including phenoxy) is 2. The van der Waals surface area contributed by atoms with Crippen LogP contribution >= 0.6 is 11.6 Å². The molecule has 3 heterocycles. The van der Waals surface area contributed by atoms with Gasteiger partial charge in [0.1, 0.15) is 23.9 Å². The van der Waals surface area contributed by atoms with Crippen molar-refractivity contribution in [2.75, 3.05) is 24.6 Å². The molecule has 2 amide bonds. The first-order valence-electron chi connectivity index (χ1n) is 13.7. The lowest BCUT2D eigenvalue weighted by molar-refractivity contribution is -0.142. The van der Waals surface area contributed by atoms with Crippen molar-refractivity contribution in [2.45, 2.75) is 45.3 Å². The molecule has 1 saturated heterocycles. The van der Waals surface area contributed by atoms with E-state index in [0.29, 0.717) is 40.7 Å². The second-order valence-electron chi connectivity index (χ2n) is 10.9. The van der Waals surface area contributed by atoms with E-state index >= 15 is 4.39 Å². The summed E-state index contributed by atoms with van der Waals surface area (Å²) >= 11 is 6.16.